The van der Waals surface area contributed by atoms with Gasteiger partial charge in [-0.2, -0.15) is 4.98 Å². The second kappa shape index (κ2) is 8.32. The molecule has 1 aromatic heterocycles. The molecule has 0 spiro atoms. The lowest BCUT2D eigenvalue weighted by atomic mass is 9.96. The van der Waals surface area contributed by atoms with Gasteiger partial charge in [0.05, 0.1) is 12.0 Å². The van der Waals surface area contributed by atoms with Crippen LogP contribution in [0.25, 0.3) is 11.4 Å². The minimum atomic E-state index is -0.501. The minimum absolute atomic E-state index is 0.0682. The fourth-order valence-corrected chi connectivity index (χ4v) is 3.52. The number of hydrogen-bond acceptors (Lipinski definition) is 7. The normalized spacial score (nSPS) is 14.5. The van der Waals surface area contributed by atoms with Gasteiger partial charge in [-0.05, 0) is 43.2 Å². The van der Waals surface area contributed by atoms with E-state index >= 15 is 0 Å². The van der Waals surface area contributed by atoms with Gasteiger partial charge >= 0.3 is 0 Å². The summed E-state index contributed by atoms with van der Waals surface area (Å²) in [6, 6.07) is 13.2. The molecule has 2 aromatic carbocycles. The van der Waals surface area contributed by atoms with Gasteiger partial charge in [-0.25, -0.2) is 0 Å². The van der Waals surface area contributed by atoms with Crippen molar-refractivity contribution in [3.8, 4) is 17.1 Å². The molecular weight excluding hydrogens is 388 g/mol. The Hall–Kier alpha value is -3.75. The Kier molecular flexibility index (Phi) is 5.42. The molecule has 0 aliphatic carbocycles. The van der Waals surface area contributed by atoms with Crippen LogP contribution in [0.1, 0.15) is 35.0 Å². The average Bonchev–Trinajstić information content (AvgIpc) is 3.29. The number of nitro benzene ring substituents is 1. The molecule has 3 aromatic rings. The molecule has 0 atom stereocenters. The van der Waals surface area contributed by atoms with Crippen molar-refractivity contribution in [3.05, 3.63) is 70.1 Å². The molecule has 9 heteroatoms. The zero-order valence-corrected chi connectivity index (χ0v) is 16.4. The lowest BCUT2D eigenvalue weighted by Gasteiger charge is -2.30. The van der Waals surface area contributed by atoms with Crippen LogP contribution < -0.4 is 4.74 Å². The first kappa shape index (κ1) is 19.6. The van der Waals surface area contributed by atoms with E-state index in [1.165, 1.54) is 18.2 Å². The van der Waals surface area contributed by atoms with E-state index in [0.29, 0.717) is 43.2 Å². The highest BCUT2D eigenvalue weighted by molar-refractivity contribution is 5.94. The number of non-ortho nitro benzene ring substituents is 1. The molecule has 154 valence electrons. The van der Waals surface area contributed by atoms with Gasteiger partial charge in [-0.1, -0.05) is 11.2 Å². The first-order valence-corrected chi connectivity index (χ1v) is 9.57. The topological polar surface area (TPSA) is 112 Å². The number of carbonyl (C=O) groups excluding carboxylic acids is 1. The van der Waals surface area contributed by atoms with Crippen LogP contribution in [0.5, 0.6) is 5.75 Å². The molecule has 0 bridgehead atoms. The molecule has 0 saturated carbocycles. The molecule has 4 rings (SSSR count). The van der Waals surface area contributed by atoms with Crippen LogP contribution in [0.15, 0.2) is 53.1 Å². The zero-order valence-electron chi connectivity index (χ0n) is 16.4. The third-order valence-electron chi connectivity index (χ3n) is 5.23. The van der Waals surface area contributed by atoms with E-state index in [9.17, 15) is 14.9 Å². The number of aromatic nitrogens is 2. The number of ether oxygens (including phenoxy) is 1. The van der Waals surface area contributed by atoms with Crippen molar-refractivity contribution in [3.63, 3.8) is 0 Å². The van der Waals surface area contributed by atoms with Crippen molar-refractivity contribution in [2.45, 2.75) is 18.8 Å². The van der Waals surface area contributed by atoms with E-state index in [1.807, 2.05) is 24.3 Å². The summed E-state index contributed by atoms with van der Waals surface area (Å²) in [5.74, 6) is 1.69. The van der Waals surface area contributed by atoms with E-state index in [0.717, 1.165) is 11.3 Å². The number of nitro groups is 1. The molecule has 1 saturated heterocycles. The standard InChI is InChI=1S/C21H20N4O5/c1-29-18-7-5-14(6-8-18)19-22-20(30-23-19)15-9-11-24(12-10-15)21(26)16-3-2-4-17(13-16)25(27)28/h2-8,13,15H,9-12H2,1H3. The summed E-state index contributed by atoms with van der Waals surface area (Å²) in [4.78, 5) is 29.4. The Morgan fingerprint density at radius 2 is 1.93 bits per heavy atom. The van der Waals surface area contributed by atoms with Gasteiger partial charge < -0.3 is 14.2 Å². The Morgan fingerprint density at radius 1 is 1.20 bits per heavy atom. The number of piperidine rings is 1. The fourth-order valence-electron chi connectivity index (χ4n) is 3.52. The summed E-state index contributed by atoms with van der Waals surface area (Å²) in [6.45, 7) is 1.04. The first-order chi connectivity index (χ1) is 14.5. The third-order valence-corrected chi connectivity index (χ3v) is 5.23. The maximum absolute atomic E-state index is 12.7. The van der Waals surface area contributed by atoms with E-state index in [4.69, 9.17) is 9.26 Å². The van der Waals surface area contributed by atoms with Crippen molar-refractivity contribution < 1.29 is 19.0 Å². The minimum Gasteiger partial charge on any atom is -0.497 e. The highest BCUT2D eigenvalue weighted by atomic mass is 16.6. The van der Waals surface area contributed by atoms with Crippen molar-refractivity contribution >= 4 is 11.6 Å². The number of amides is 1. The average molecular weight is 408 g/mol. The first-order valence-electron chi connectivity index (χ1n) is 9.57. The number of hydrogen-bond donors (Lipinski definition) is 0. The number of likely N-dealkylation sites (tertiary alicyclic amines) is 1. The van der Waals surface area contributed by atoms with Crippen LogP contribution in [0.3, 0.4) is 0 Å². The summed E-state index contributed by atoms with van der Waals surface area (Å²) in [5.41, 5.74) is 1.07. The van der Waals surface area contributed by atoms with E-state index in [-0.39, 0.29) is 17.5 Å². The van der Waals surface area contributed by atoms with Crippen molar-refractivity contribution in [1.29, 1.82) is 0 Å². The maximum Gasteiger partial charge on any atom is 0.270 e. The highest BCUT2D eigenvalue weighted by Crippen LogP contribution is 2.30. The van der Waals surface area contributed by atoms with Gasteiger partial charge in [-0.15, -0.1) is 0 Å². The van der Waals surface area contributed by atoms with E-state index in [2.05, 4.69) is 10.1 Å². The molecule has 0 N–H and O–H groups in total. The molecular formula is C21H20N4O5. The molecule has 0 radical (unpaired) electrons. The largest absolute Gasteiger partial charge is 0.497 e. The van der Waals surface area contributed by atoms with Crippen molar-refractivity contribution in [2.24, 2.45) is 0 Å². The fraction of sp³-hybridized carbons (Fsp3) is 0.286. The Bertz CT molecular complexity index is 1060. The second-order valence-corrected chi connectivity index (χ2v) is 7.06. The summed E-state index contributed by atoms with van der Waals surface area (Å²) in [5, 5.41) is 15.0. The van der Waals surface area contributed by atoms with Crippen molar-refractivity contribution in [1.82, 2.24) is 15.0 Å². The van der Waals surface area contributed by atoms with Gasteiger partial charge in [0, 0.05) is 42.3 Å². The lowest BCUT2D eigenvalue weighted by Crippen LogP contribution is -2.38. The monoisotopic (exact) mass is 408 g/mol. The van der Waals surface area contributed by atoms with Gasteiger partial charge in [0.1, 0.15) is 5.75 Å². The molecule has 30 heavy (non-hydrogen) atoms. The molecule has 0 unspecified atom stereocenters. The predicted octanol–water partition coefficient (Wildman–Crippen LogP) is 3.67. The predicted molar refractivity (Wildman–Crippen MR) is 107 cm³/mol. The summed E-state index contributed by atoms with van der Waals surface area (Å²) < 4.78 is 10.6. The van der Waals surface area contributed by atoms with Gasteiger partial charge in [0.15, 0.2) is 0 Å². The Morgan fingerprint density at radius 3 is 2.60 bits per heavy atom. The SMILES string of the molecule is COc1ccc(-c2noc(C3CCN(C(=O)c4cccc([N+](=O)[O-])c4)CC3)n2)cc1. The lowest BCUT2D eigenvalue weighted by molar-refractivity contribution is -0.384. The number of nitrogens with zero attached hydrogens (tertiary/aromatic N) is 4. The maximum atomic E-state index is 12.7. The molecule has 1 aliphatic rings. The van der Waals surface area contributed by atoms with Crippen LogP contribution in [0, 0.1) is 10.1 Å². The van der Waals surface area contributed by atoms with Crippen LogP contribution >= 0.6 is 0 Å². The van der Waals surface area contributed by atoms with Crippen LogP contribution in [-0.2, 0) is 0 Å². The number of rotatable bonds is 5. The van der Waals surface area contributed by atoms with Crippen LogP contribution in [0.4, 0.5) is 5.69 Å². The summed E-state index contributed by atoms with van der Waals surface area (Å²) in [7, 11) is 1.61. The van der Waals surface area contributed by atoms with Gasteiger partial charge in [0.2, 0.25) is 11.7 Å². The summed E-state index contributed by atoms with van der Waals surface area (Å²) >= 11 is 0. The van der Waals surface area contributed by atoms with Crippen LogP contribution in [0.2, 0.25) is 0 Å². The Labute approximate surface area is 172 Å². The number of methoxy groups -OCH3 is 1. The van der Waals surface area contributed by atoms with Gasteiger partial charge in [-0.3, -0.25) is 14.9 Å². The zero-order chi connectivity index (χ0) is 21.1. The second-order valence-electron chi connectivity index (χ2n) is 7.06. The highest BCUT2D eigenvalue weighted by Gasteiger charge is 2.28. The molecule has 1 amide bonds. The number of carbonyl (C=O) groups is 1. The van der Waals surface area contributed by atoms with Crippen molar-refractivity contribution in [2.75, 3.05) is 20.2 Å². The van der Waals surface area contributed by atoms with Gasteiger partial charge in [0.25, 0.3) is 11.6 Å². The van der Waals surface area contributed by atoms with E-state index in [1.54, 1.807) is 18.1 Å². The number of benzene rings is 2. The van der Waals surface area contributed by atoms with Crippen LogP contribution in [-0.4, -0.2) is 46.1 Å². The Balaban J connectivity index is 1.40. The third kappa shape index (κ3) is 4.00. The smallest absolute Gasteiger partial charge is 0.270 e. The molecule has 1 fully saturated rings. The van der Waals surface area contributed by atoms with E-state index < -0.39 is 4.92 Å². The molecule has 1 aliphatic heterocycles. The molecule has 9 nitrogen and oxygen atoms in total. The molecule has 2 heterocycles. The summed E-state index contributed by atoms with van der Waals surface area (Å²) in [6.07, 6.45) is 1.37. The quantitative estimate of drug-likeness (QED) is 0.468.